The first-order valence-corrected chi connectivity index (χ1v) is 10.3. The summed E-state index contributed by atoms with van der Waals surface area (Å²) in [7, 11) is 0. The lowest BCUT2D eigenvalue weighted by Crippen LogP contribution is -2.46. The van der Waals surface area contributed by atoms with Gasteiger partial charge in [-0.2, -0.15) is 0 Å². The molecule has 1 aliphatic rings. The third-order valence-electron chi connectivity index (χ3n) is 4.50. The molecule has 1 atom stereocenters. The van der Waals surface area contributed by atoms with E-state index < -0.39 is 0 Å². The summed E-state index contributed by atoms with van der Waals surface area (Å²) in [5.74, 6) is 0.550. The first-order chi connectivity index (χ1) is 13.3. The maximum Gasteiger partial charge on any atom is 0.191 e. The minimum Gasteiger partial charge on any atom is -0.379 e. The van der Waals surface area contributed by atoms with E-state index in [1.54, 1.807) is 23.5 Å². The lowest BCUT2D eigenvalue weighted by molar-refractivity contribution is 0.0177. The molecule has 0 saturated carbocycles. The van der Waals surface area contributed by atoms with Gasteiger partial charge in [-0.15, -0.1) is 35.3 Å². The summed E-state index contributed by atoms with van der Waals surface area (Å²) in [5, 5.41) is 8.89. The van der Waals surface area contributed by atoms with Crippen LogP contribution in [0, 0.1) is 5.82 Å². The molecule has 1 aromatic heterocycles. The Labute approximate surface area is 187 Å². The molecule has 0 aliphatic carbocycles. The first kappa shape index (κ1) is 23.1. The predicted molar refractivity (Wildman–Crippen MR) is 124 cm³/mol. The molecule has 2 N–H and O–H groups in total. The highest BCUT2D eigenvalue weighted by molar-refractivity contribution is 14.0. The molecule has 154 valence electrons. The van der Waals surface area contributed by atoms with Crippen LogP contribution in [0.2, 0.25) is 0 Å². The number of nitrogens with one attached hydrogen (secondary N) is 2. The predicted octanol–water partition coefficient (Wildman–Crippen LogP) is 3.63. The van der Waals surface area contributed by atoms with Crippen molar-refractivity contribution in [3.05, 3.63) is 58.0 Å². The number of aliphatic imine (C=N–C) groups is 1. The number of thiophene rings is 1. The van der Waals surface area contributed by atoms with Crippen molar-refractivity contribution >= 4 is 41.3 Å². The second kappa shape index (κ2) is 12.4. The molecule has 28 heavy (non-hydrogen) atoms. The van der Waals surface area contributed by atoms with Gasteiger partial charge in [-0.1, -0.05) is 18.2 Å². The highest BCUT2D eigenvalue weighted by Crippen LogP contribution is 2.25. The molecular weight excluding hydrogens is 490 g/mol. The number of morpholine rings is 1. The van der Waals surface area contributed by atoms with E-state index in [-0.39, 0.29) is 29.8 Å². The van der Waals surface area contributed by atoms with Crippen LogP contribution in [0.1, 0.15) is 23.4 Å². The fourth-order valence-corrected chi connectivity index (χ4v) is 3.94. The molecule has 1 aromatic carbocycles. The number of rotatable bonds is 7. The lowest BCUT2D eigenvalue weighted by atomic mass is 10.2. The van der Waals surface area contributed by atoms with E-state index in [1.165, 1.54) is 17.0 Å². The van der Waals surface area contributed by atoms with Gasteiger partial charge >= 0.3 is 0 Å². The summed E-state index contributed by atoms with van der Waals surface area (Å²) in [4.78, 5) is 8.45. The van der Waals surface area contributed by atoms with Crippen molar-refractivity contribution in [3.63, 3.8) is 0 Å². The van der Waals surface area contributed by atoms with Crippen LogP contribution >= 0.6 is 35.3 Å². The minimum atomic E-state index is -0.225. The van der Waals surface area contributed by atoms with Crippen molar-refractivity contribution in [1.82, 2.24) is 15.5 Å². The summed E-state index contributed by atoms with van der Waals surface area (Å²) >= 11 is 1.78. The van der Waals surface area contributed by atoms with E-state index >= 15 is 0 Å². The third-order valence-corrected chi connectivity index (χ3v) is 5.47. The molecule has 0 amide bonds. The van der Waals surface area contributed by atoms with Crippen molar-refractivity contribution in [2.24, 2.45) is 4.99 Å². The Balaban J connectivity index is 0.00000280. The standard InChI is InChI=1S/C20H27FN4OS.HI/c1-2-22-20(23-14-16-5-7-17(21)8-6-16)24-15-18(19-4-3-13-27-19)25-9-11-26-12-10-25;/h3-8,13,18H,2,9-12,14-15H2,1H3,(H2,22,23,24);1H. The number of guanidine groups is 1. The molecule has 0 bridgehead atoms. The monoisotopic (exact) mass is 518 g/mol. The van der Waals surface area contributed by atoms with Crippen molar-refractivity contribution in [2.45, 2.75) is 19.5 Å². The van der Waals surface area contributed by atoms with Crippen molar-refractivity contribution < 1.29 is 9.13 Å². The summed E-state index contributed by atoms with van der Waals surface area (Å²) < 4.78 is 18.6. The molecule has 2 heterocycles. The SMILES string of the molecule is CCNC(=NCc1ccc(F)cc1)NCC(c1cccs1)N1CCOCC1.I. The van der Waals surface area contributed by atoms with Crippen LogP contribution < -0.4 is 10.6 Å². The number of ether oxygens (including phenoxy) is 1. The molecule has 3 rings (SSSR count). The van der Waals surface area contributed by atoms with Gasteiger partial charge in [0.15, 0.2) is 5.96 Å². The fraction of sp³-hybridized carbons (Fsp3) is 0.450. The van der Waals surface area contributed by atoms with Crippen LogP contribution in [0.3, 0.4) is 0 Å². The van der Waals surface area contributed by atoms with Gasteiger partial charge in [-0.25, -0.2) is 9.38 Å². The average Bonchev–Trinajstić information content (AvgIpc) is 3.23. The molecule has 1 saturated heterocycles. The van der Waals surface area contributed by atoms with Gasteiger partial charge in [-0.05, 0) is 36.1 Å². The number of hydrogen-bond acceptors (Lipinski definition) is 4. The third kappa shape index (κ3) is 6.98. The minimum absolute atomic E-state index is 0. The maximum atomic E-state index is 13.1. The highest BCUT2D eigenvalue weighted by Gasteiger charge is 2.23. The molecule has 8 heteroatoms. The van der Waals surface area contributed by atoms with Gasteiger partial charge in [0.1, 0.15) is 5.82 Å². The molecular formula is C20H28FIN4OS. The van der Waals surface area contributed by atoms with Crippen LogP contribution in [0.4, 0.5) is 4.39 Å². The van der Waals surface area contributed by atoms with Gasteiger partial charge in [0, 0.05) is 31.1 Å². The van der Waals surface area contributed by atoms with Gasteiger partial charge in [0.25, 0.3) is 0 Å². The molecule has 0 spiro atoms. The molecule has 2 aromatic rings. The topological polar surface area (TPSA) is 48.9 Å². The summed E-state index contributed by atoms with van der Waals surface area (Å²) in [6.45, 7) is 7.55. The molecule has 1 unspecified atom stereocenters. The van der Waals surface area contributed by atoms with Gasteiger partial charge < -0.3 is 15.4 Å². The van der Waals surface area contributed by atoms with Crippen LogP contribution in [0.5, 0.6) is 0 Å². The molecule has 5 nitrogen and oxygen atoms in total. The second-order valence-electron chi connectivity index (χ2n) is 6.38. The average molecular weight is 518 g/mol. The highest BCUT2D eigenvalue weighted by atomic mass is 127. The smallest absolute Gasteiger partial charge is 0.191 e. The van der Waals surface area contributed by atoms with E-state index in [0.29, 0.717) is 12.6 Å². The van der Waals surface area contributed by atoms with Crippen LogP contribution in [-0.4, -0.2) is 50.3 Å². The van der Waals surface area contributed by atoms with Crippen molar-refractivity contribution in [1.29, 1.82) is 0 Å². The van der Waals surface area contributed by atoms with Gasteiger partial charge in [0.2, 0.25) is 0 Å². The fourth-order valence-electron chi connectivity index (χ4n) is 3.07. The zero-order chi connectivity index (χ0) is 18.9. The Hall–Kier alpha value is -1.23. The number of hydrogen-bond donors (Lipinski definition) is 2. The van der Waals surface area contributed by atoms with Crippen molar-refractivity contribution in [3.8, 4) is 0 Å². The van der Waals surface area contributed by atoms with E-state index in [4.69, 9.17) is 4.74 Å². The summed E-state index contributed by atoms with van der Waals surface area (Å²) in [5.41, 5.74) is 0.983. The Bertz CT molecular complexity index is 706. The Kier molecular flexibility index (Phi) is 10.2. The summed E-state index contributed by atoms with van der Waals surface area (Å²) in [6.07, 6.45) is 0. The van der Waals surface area contributed by atoms with E-state index in [2.05, 4.69) is 38.0 Å². The van der Waals surface area contributed by atoms with E-state index in [1.807, 2.05) is 6.92 Å². The van der Waals surface area contributed by atoms with E-state index in [9.17, 15) is 4.39 Å². The lowest BCUT2D eigenvalue weighted by Gasteiger charge is -2.34. The molecule has 0 radical (unpaired) electrons. The quantitative estimate of drug-likeness (QED) is 0.334. The van der Waals surface area contributed by atoms with Crippen LogP contribution in [0.15, 0.2) is 46.8 Å². The normalized spacial score (nSPS) is 16.3. The zero-order valence-electron chi connectivity index (χ0n) is 16.1. The maximum absolute atomic E-state index is 13.1. The summed E-state index contributed by atoms with van der Waals surface area (Å²) in [6, 6.07) is 11.1. The number of halogens is 2. The van der Waals surface area contributed by atoms with Crippen LogP contribution in [0.25, 0.3) is 0 Å². The zero-order valence-corrected chi connectivity index (χ0v) is 19.2. The Morgan fingerprint density at radius 1 is 1.21 bits per heavy atom. The largest absolute Gasteiger partial charge is 0.379 e. The molecule has 1 fully saturated rings. The van der Waals surface area contributed by atoms with E-state index in [0.717, 1.165) is 50.9 Å². The van der Waals surface area contributed by atoms with Gasteiger partial charge in [-0.3, -0.25) is 4.90 Å². The van der Waals surface area contributed by atoms with Gasteiger partial charge in [0.05, 0.1) is 25.8 Å². The number of nitrogens with zero attached hydrogens (tertiary/aromatic N) is 2. The number of benzene rings is 1. The first-order valence-electron chi connectivity index (χ1n) is 9.38. The Morgan fingerprint density at radius 2 is 1.96 bits per heavy atom. The molecule has 1 aliphatic heterocycles. The van der Waals surface area contributed by atoms with Crippen molar-refractivity contribution in [2.75, 3.05) is 39.4 Å². The second-order valence-corrected chi connectivity index (χ2v) is 7.36. The van der Waals surface area contributed by atoms with Crippen LogP contribution in [-0.2, 0) is 11.3 Å². The Morgan fingerprint density at radius 3 is 2.61 bits per heavy atom.